The van der Waals surface area contributed by atoms with Crippen LogP contribution in [0.2, 0.25) is 10.0 Å². The standard InChI is InChI=1S/C38H29Cl2F3N6O7/c1-55-28-15-23(50)16-29(56-2)30(28)31-24-12-13-46-35(53)47(22-6-4-3-5-7-22)36(54)49(46)27(24)17-25-33(51)48(34(52)37(25,31)19-8-10-21(39)11-9-19)45-32-26(40)14-20(18-44-32)38(41,42)43/h3-12,14-16,18,25,27,31,50H,13,17H2,1-2H3,(H,44,45)/t25-,27+,31+,37+/m0/s1. The van der Waals surface area contributed by atoms with Crippen LogP contribution in [0.1, 0.15) is 35.1 Å². The molecule has 0 unspecified atom stereocenters. The normalized spacial score (nSPS) is 21.6. The number of imide groups is 1. The number of carbonyl (C=O) groups excluding carboxylic acids is 2. The first kappa shape index (κ1) is 36.9. The number of amides is 2. The number of anilines is 1. The third kappa shape index (κ3) is 5.41. The number of hydrogen-bond donors (Lipinski definition) is 2. The Morgan fingerprint density at radius 2 is 1.59 bits per heavy atom. The lowest BCUT2D eigenvalue weighted by Crippen LogP contribution is -2.53. The number of aromatic hydroxyl groups is 1. The number of benzene rings is 3. The number of methoxy groups -OCH3 is 2. The third-order valence-corrected chi connectivity index (χ3v) is 11.2. The monoisotopic (exact) mass is 808 g/mol. The zero-order valence-corrected chi connectivity index (χ0v) is 30.8. The number of hydrazine groups is 1. The van der Waals surface area contributed by atoms with E-state index < -0.39 is 69.1 Å². The van der Waals surface area contributed by atoms with E-state index in [0.717, 1.165) is 4.57 Å². The smallest absolute Gasteiger partial charge is 0.417 e. The first-order valence-electron chi connectivity index (χ1n) is 17.0. The molecule has 0 bridgehead atoms. The summed E-state index contributed by atoms with van der Waals surface area (Å²) in [5.41, 5.74) is -0.524. The number of ether oxygens (including phenoxy) is 2. The fourth-order valence-corrected chi connectivity index (χ4v) is 8.70. The molecule has 13 nitrogen and oxygen atoms in total. The van der Waals surface area contributed by atoms with Crippen molar-refractivity contribution < 1.29 is 37.3 Å². The zero-order valence-electron chi connectivity index (χ0n) is 29.3. The quantitative estimate of drug-likeness (QED) is 0.152. The number of nitrogens with zero attached hydrogens (tertiary/aromatic N) is 5. The van der Waals surface area contributed by atoms with Crippen molar-refractivity contribution in [2.45, 2.75) is 36.5 Å². The van der Waals surface area contributed by atoms with Gasteiger partial charge in [0.2, 0.25) is 0 Å². The molecule has 2 amide bonds. The minimum Gasteiger partial charge on any atom is -0.508 e. The topological polar surface area (TPSA) is 150 Å². The van der Waals surface area contributed by atoms with E-state index in [9.17, 15) is 32.7 Å². The molecule has 3 aliphatic rings. The fourth-order valence-electron chi connectivity index (χ4n) is 8.37. The second-order valence-corrected chi connectivity index (χ2v) is 14.2. The van der Waals surface area contributed by atoms with Crippen LogP contribution in [0.25, 0.3) is 5.69 Å². The summed E-state index contributed by atoms with van der Waals surface area (Å²) in [5, 5.41) is 11.2. The molecule has 288 valence electrons. The van der Waals surface area contributed by atoms with Crippen molar-refractivity contribution in [1.82, 2.24) is 23.9 Å². The van der Waals surface area contributed by atoms with Gasteiger partial charge < -0.3 is 14.6 Å². The predicted molar refractivity (Wildman–Crippen MR) is 196 cm³/mol. The summed E-state index contributed by atoms with van der Waals surface area (Å²) in [6.45, 7) is -0.116. The number of carbonyl (C=O) groups is 2. The molecule has 1 aliphatic carbocycles. The number of fused-ring (bicyclic) bond motifs is 4. The lowest BCUT2D eigenvalue weighted by molar-refractivity contribution is -0.139. The summed E-state index contributed by atoms with van der Waals surface area (Å²) in [4.78, 5) is 62.5. The lowest BCUT2D eigenvalue weighted by atomic mass is 9.53. The molecular formula is C38H29Cl2F3N6O7. The van der Waals surface area contributed by atoms with Gasteiger partial charge in [-0.25, -0.2) is 28.5 Å². The average Bonchev–Trinajstić information content (AvgIpc) is 3.56. The Morgan fingerprint density at radius 3 is 2.20 bits per heavy atom. The van der Waals surface area contributed by atoms with Crippen molar-refractivity contribution in [3.63, 3.8) is 0 Å². The van der Waals surface area contributed by atoms with Crippen molar-refractivity contribution in [2.24, 2.45) is 5.92 Å². The molecule has 0 radical (unpaired) electrons. The largest absolute Gasteiger partial charge is 0.508 e. The molecule has 1 saturated heterocycles. The van der Waals surface area contributed by atoms with Crippen LogP contribution >= 0.6 is 23.2 Å². The molecule has 2 N–H and O–H groups in total. The van der Waals surface area contributed by atoms with Gasteiger partial charge in [0.25, 0.3) is 11.8 Å². The summed E-state index contributed by atoms with van der Waals surface area (Å²) in [6, 6.07) is 16.8. The van der Waals surface area contributed by atoms with Gasteiger partial charge in [-0.1, -0.05) is 59.6 Å². The number of aromatic nitrogens is 4. The van der Waals surface area contributed by atoms with Crippen LogP contribution in [0.4, 0.5) is 19.0 Å². The molecular weight excluding hydrogens is 780 g/mol. The second kappa shape index (κ2) is 13.3. The molecule has 2 fully saturated rings. The van der Waals surface area contributed by atoms with Crippen LogP contribution in [-0.2, 0) is 27.7 Å². The first-order chi connectivity index (χ1) is 26.7. The summed E-state index contributed by atoms with van der Waals surface area (Å²) < 4.78 is 55.7. The van der Waals surface area contributed by atoms with Crippen LogP contribution in [0, 0.1) is 5.92 Å². The van der Waals surface area contributed by atoms with Gasteiger partial charge in [0, 0.05) is 34.8 Å². The number of phenolic OH excluding ortho intramolecular Hbond substituents is 1. The van der Waals surface area contributed by atoms with Gasteiger partial charge in [-0.3, -0.25) is 15.0 Å². The summed E-state index contributed by atoms with van der Waals surface area (Å²) in [5.74, 6) is -4.76. The first-order valence-corrected chi connectivity index (χ1v) is 17.8. The molecule has 18 heteroatoms. The van der Waals surface area contributed by atoms with E-state index >= 15 is 4.79 Å². The number of para-hydroxylation sites is 1. The number of pyridine rings is 1. The Kier molecular flexibility index (Phi) is 8.80. The molecule has 1 saturated carbocycles. The van der Waals surface area contributed by atoms with Crippen molar-refractivity contribution >= 4 is 40.8 Å². The van der Waals surface area contributed by atoms with E-state index in [1.165, 1.54) is 47.8 Å². The maximum absolute atomic E-state index is 15.5. The molecule has 2 aromatic heterocycles. The van der Waals surface area contributed by atoms with Crippen molar-refractivity contribution in [1.29, 1.82) is 0 Å². The second-order valence-electron chi connectivity index (χ2n) is 13.4. The Morgan fingerprint density at radius 1 is 0.929 bits per heavy atom. The summed E-state index contributed by atoms with van der Waals surface area (Å²) in [7, 11) is 2.69. The van der Waals surface area contributed by atoms with E-state index in [2.05, 4.69) is 10.4 Å². The molecule has 4 heterocycles. The van der Waals surface area contributed by atoms with E-state index in [4.69, 9.17) is 32.7 Å². The van der Waals surface area contributed by atoms with Crippen molar-refractivity contribution in [3.8, 4) is 22.9 Å². The molecule has 0 spiro atoms. The van der Waals surface area contributed by atoms with Crippen LogP contribution in [0.5, 0.6) is 17.2 Å². The average molecular weight is 810 g/mol. The van der Waals surface area contributed by atoms with E-state index in [1.54, 1.807) is 48.5 Å². The number of halogens is 5. The van der Waals surface area contributed by atoms with Crippen LogP contribution < -0.4 is 26.3 Å². The van der Waals surface area contributed by atoms with Gasteiger partial charge in [0.05, 0.1) is 54.4 Å². The third-order valence-electron chi connectivity index (χ3n) is 10.7. The summed E-state index contributed by atoms with van der Waals surface area (Å²) in [6.07, 6.45) is -2.76. The summed E-state index contributed by atoms with van der Waals surface area (Å²) >= 11 is 12.6. The number of allylic oxidation sites excluding steroid dienone is 2. The molecule has 56 heavy (non-hydrogen) atoms. The Bertz CT molecular complexity index is 2560. The fraction of sp³-hybridized carbons (Fsp3) is 0.237. The van der Waals surface area contributed by atoms with Gasteiger partial charge in [-0.15, -0.1) is 0 Å². The van der Waals surface area contributed by atoms with Crippen LogP contribution in [-0.4, -0.2) is 55.1 Å². The van der Waals surface area contributed by atoms with Gasteiger partial charge in [-0.2, -0.15) is 18.2 Å². The minimum absolute atomic E-state index is 0.0664. The lowest BCUT2D eigenvalue weighted by Gasteiger charge is -2.49. The molecule has 5 aromatic rings. The van der Waals surface area contributed by atoms with Gasteiger partial charge >= 0.3 is 17.6 Å². The number of alkyl halides is 3. The molecule has 4 atom stereocenters. The number of hydrogen-bond acceptors (Lipinski definition) is 9. The molecule has 3 aromatic carbocycles. The maximum atomic E-state index is 15.5. The number of phenols is 1. The SMILES string of the molecule is COc1cc(O)cc(OC)c1[C@H]1C2=CCn3c(=O)n(-c4ccccc4)c(=O)n3[C@@H]2C[C@H]2C(=O)N(Nc3ncc(C(F)(F)F)cc3Cl)C(=O)[C@@]12c1ccc(Cl)cc1. The highest BCUT2D eigenvalue weighted by atomic mass is 35.5. The predicted octanol–water partition coefficient (Wildman–Crippen LogP) is 5.86. The van der Waals surface area contributed by atoms with E-state index in [1.807, 2.05) is 0 Å². The Balaban J connectivity index is 1.40. The highest BCUT2D eigenvalue weighted by Crippen LogP contribution is 2.64. The Hall–Kier alpha value is -6.00. The van der Waals surface area contributed by atoms with Crippen LogP contribution in [0.15, 0.2) is 100 Å². The zero-order chi connectivity index (χ0) is 39.8. The van der Waals surface area contributed by atoms with Gasteiger partial charge in [-0.05, 0) is 47.9 Å². The van der Waals surface area contributed by atoms with Crippen LogP contribution in [0.3, 0.4) is 0 Å². The maximum Gasteiger partial charge on any atom is 0.417 e. The van der Waals surface area contributed by atoms with Gasteiger partial charge in [0.1, 0.15) is 17.2 Å². The highest BCUT2D eigenvalue weighted by molar-refractivity contribution is 6.33. The number of rotatable bonds is 7. The highest BCUT2D eigenvalue weighted by Gasteiger charge is 2.69. The minimum atomic E-state index is -4.78. The molecule has 2 aliphatic heterocycles. The van der Waals surface area contributed by atoms with E-state index in [0.29, 0.717) is 39.1 Å². The number of nitrogens with one attached hydrogen (secondary N) is 1. The molecule has 8 rings (SSSR count). The van der Waals surface area contributed by atoms with E-state index in [-0.39, 0.29) is 35.8 Å². The van der Waals surface area contributed by atoms with Crippen molar-refractivity contribution in [2.75, 3.05) is 19.6 Å². The van der Waals surface area contributed by atoms with Crippen molar-refractivity contribution in [3.05, 3.63) is 138 Å². The Labute approximate surface area is 324 Å². The van der Waals surface area contributed by atoms with Gasteiger partial charge in [0.15, 0.2) is 5.82 Å².